The van der Waals surface area contributed by atoms with Crippen molar-refractivity contribution in [2.24, 2.45) is 0 Å². The van der Waals surface area contributed by atoms with E-state index in [0.717, 1.165) is 0 Å². The molecule has 1 aliphatic heterocycles. The van der Waals surface area contributed by atoms with Crippen molar-refractivity contribution >= 4 is 12.6 Å². The molecule has 2 aromatic rings. The molecule has 154 valence electrons. The maximum atomic E-state index is 14.8. The minimum atomic E-state index is -0.621. The summed E-state index contributed by atoms with van der Waals surface area (Å²) in [5.41, 5.74) is 0.457. The van der Waals surface area contributed by atoms with Crippen molar-refractivity contribution in [1.82, 2.24) is 0 Å². The molecule has 0 aromatic heterocycles. The first kappa shape index (κ1) is 21.5. The highest BCUT2D eigenvalue weighted by atomic mass is 19.1. The molecular weight excluding hydrogens is 373 g/mol. The third-order valence-electron chi connectivity index (χ3n) is 5.58. The lowest BCUT2D eigenvalue weighted by Crippen LogP contribution is -2.41. The maximum Gasteiger partial charge on any atom is 0.494 e. The molecule has 1 saturated heterocycles. The van der Waals surface area contributed by atoms with Gasteiger partial charge in [0.25, 0.3) is 0 Å². The number of ether oxygens (including phenoxy) is 1. The van der Waals surface area contributed by atoms with Crippen LogP contribution in [0, 0.1) is 11.6 Å². The van der Waals surface area contributed by atoms with Crippen molar-refractivity contribution in [3.8, 4) is 16.9 Å². The Kier molecular flexibility index (Phi) is 5.88. The normalized spacial score (nSPS) is 18.5. The summed E-state index contributed by atoms with van der Waals surface area (Å²) in [5.74, 6) is -0.598. The van der Waals surface area contributed by atoms with E-state index in [1.54, 1.807) is 18.2 Å². The summed E-state index contributed by atoms with van der Waals surface area (Å²) in [4.78, 5) is 0. The number of halogens is 2. The maximum absolute atomic E-state index is 14.8. The predicted octanol–water partition coefficient (Wildman–Crippen LogP) is 5.27. The highest BCUT2D eigenvalue weighted by Gasteiger charge is 2.51. The molecule has 1 atom stereocenters. The Hall–Kier alpha value is -2.18. The minimum Gasteiger partial charge on any atom is -0.490 e. The monoisotopic (exact) mass is 400 g/mol. The summed E-state index contributed by atoms with van der Waals surface area (Å²) in [6.45, 7) is 13.4. The summed E-state index contributed by atoms with van der Waals surface area (Å²) in [6.07, 6.45) is 2.09. The summed E-state index contributed by atoms with van der Waals surface area (Å²) >= 11 is 0. The van der Waals surface area contributed by atoms with E-state index in [0.29, 0.717) is 23.0 Å². The molecule has 6 heteroatoms. The average Bonchev–Trinajstić information content (AvgIpc) is 2.84. The van der Waals surface area contributed by atoms with Crippen molar-refractivity contribution in [3.05, 3.63) is 60.7 Å². The van der Waals surface area contributed by atoms with Crippen LogP contribution in [0.5, 0.6) is 5.75 Å². The molecule has 3 rings (SSSR count). The molecular formula is C23H27BF2O3. The van der Waals surface area contributed by atoms with E-state index < -0.39 is 30.0 Å². The van der Waals surface area contributed by atoms with E-state index in [1.807, 2.05) is 34.6 Å². The van der Waals surface area contributed by atoms with Gasteiger partial charge in [-0.3, -0.25) is 0 Å². The van der Waals surface area contributed by atoms with Gasteiger partial charge in [0.2, 0.25) is 0 Å². The van der Waals surface area contributed by atoms with Crippen LogP contribution >= 0.6 is 0 Å². The molecule has 3 nitrogen and oxygen atoms in total. The molecule has 0 spiro atoms. The summed E-state index contributed by atoms with van der Waals surface area (Å²) < 4.78 is 46.7. The van der Waals surface area contributed by atoms with Crippen molar-refractivity contribution in [3.63, 3.8) is 0 Å². The molecule has 0 bridgehead atoms. The van der Waals surface area contributed by atoms with Gasteiger partial charge >= 0.3 is 7.12 Å². The molecule has 2 aromatic carbocycles. The molecule has 0 saturated carbocycles. The Morgan fingerprint density at radius 2 is 1.69 bits per heavy atom. The number of benzene rings is 2. The molecule has 0 radical (unpaired) electrons. The second kappa shape index (κ2) is 7.92. The van der Waals surface area contributed by atoms with Crippen molar-refractivity contribution in [2.75, 3.05) is 0 Å². The minimum absolute atomic E-state index is 0.220. The van der Waals surface area contributed by atoms with Crippen LogP contribution in [0.2, 0.25) is 0 Å². The van der Waals surface area contributed by atoms with E-state index in [2.05, 4.69) is 6.58 Å². The molecule has 1 aliphatic rings. The molecule has 1 heterocycles. The predicted molar refractivity (Wildman–Crippen MR) is 112 cm³/mol. The highest BCUT2D eigenvalue weighted by molar-refractivity contribution is 6.62. The van der Waals surface area contributed by atoms with Gasteiger partial charge in [-0.2, -0.15) is 0 Å². The molecule has 29 heavy (non-hydrogen) atoms. The number of rotatable bonds is 6. The fourth-order valence-electron chi connectivity index (χ4n) is 3.19. The zero-order chi connectivity index (χ0) is 21.4. The van der Waals surface area contributed by atoms with Crippen LogP contribution in [0.15, 0.2) is 49.1 Å². The van der Waals surface area contributed by atoms with Gasteiger partial charge in [0.15, 0.2) is 0 Å². The summed E-state index contributed by atoms with van der Waals surface area (Å²) in [7, 11) is -0.621. The van der Waals surface area contributed by atoms with Crippen LogP contribution in [0.25, 0.3) is 11.1 Å². The van der Waals surface area contributed by atoms with Gasteiger partial charge in [0.1, 0.15) is 17.4 Å². The van der Waals surface area contributed by atoms with Gasteiger partial charge in [-0.05, 0) is 58.3 Å². The average molecular weight is 400 g/mol. The van der Waals surface area contributed by atoms with Gasteiger partial charge < -0.3 is 14.0 Å². The van der Waals surface area contributed by atoms with Crippen LogP contribution < -0.4 is 10.2 Å². The largest absolute Gasteiger partial charge is 0.494 e. The van der Waals surface area contributed by atoms with Crippen LogP contribution in [0.4, 0.5) is 8.78 Å². The van der Waals surface area contributed by atoms with Crippen LogP contribution in [0.3, 0.4) is 0 Å². The quantitative estimate of drug-likeness (QED) is 0.488. The van der Waals surface area contributed by atoms with Crippen molar-refractivity contribution in [2.45, 2.75) is 58.3 Å². The lowest BCUT2D eigenvalue weighted by molar-refractivity contribution is 0.00578. The number of hydrogen-bond donors (Lipinski definition) is 0. The van der Waals surface area contributed by atoms with Gasteiger partial charge in [-0.25, -0.2) is 8.78 Å². The fraction of sp³-hybridized carbons (Fsp3) is 0.391. The zero-order valence-corrected chi connectivity index (χ0v) is 17.6. The van der Waals surface area contributed by atoms with Crippen molar-refractivity contribution in [1.29, 1.82) is 0 Å². The lowest BCUT2D eigenvalue weighted by atomic mass is 9.78. The Morgan fingerprint density at radius 1 is 1.03 bits per heavy atom. The van der Waals surface area contributed by atoms with Gasteiger partial charge in [0, 0.05) is 23.6 Å². The Balaban J connectivity index is 2.00. The van der Waals surface area contributed by atoms with E-state index >= 15 is 0 Å². The third-order valence-corrected chi connectivity index (χ3v) is 5.58. The Bertz CT molecular complexity index is 895. The Morgan fingerprint density at radius 3 is 2.31 bits per heavy atom. The highest BCUT2D eigenvalue weighted by Crippen LogP contribution is 2.38. The van der Waals surface area contributed by atoms with Gasteiger partial charge in [-0.1, -0.05) is 18.2 Å². The van der Waals surface area contributed by atoms with E-state index in [9.17, 15) is 8.78 Å². The summed E-state index contributed by atoms with van der Waals surface area (Å²) in [5, 5.41) is 0. The molecule has 1 fully saturated rings. The van der Waals surface area contributed by atoms with E-state index in [1.165, 1.54) is 24.3 Å². The van der Waals surface area contributed by atoms with E-state index in [-0.39, 0.29) is 11.9 Å². The second-order valence-electron chi connectivity index (χ2n) is 8.42. The van der Waals surface area contributed by atoms with Gasteiger partial charge in [0.05, 0.1) is 17.3 Å². The first-order valence-electron chi connectivity index (χ1n) is 9.76. The van der Waals surface area contributed by atoms with Crippen LogP contribution in [0.1, 0.15) is 41.0 Å². The molecule has 0 aliphatic carbocycles. The SMILES string of the molecule is C=CC[C@H](C)Oc1cc(F)ccc1-c1cc(B2OC(C)(C)C(C)(C)O2)ccc1F. The standard InChI is InChI=1S/C23H27BF2O3/c1-7-8-15(2)27-21-14-17(25)10-11-18(21)19-13-16(9-12-20(19)26)24-28-22(3,4)23(5,6)29-24/h7,9-15H,1,8H2,2-6H3/t15-/m0/s1. The molecule has 0 amide bonds. The first-order valence-corrected chi connectivity index (χ1v) is 9.76. The second-order valence-corrected chi connectivity index (χ2v) is 8.42. The first-order chi connectivity index (χ1) is 13.5. The smallest absolute Gasteiger partial charge is 0.490 e. The van der Waals surface area contributed by atoms with Crippen LogP contribution in [-0.2, 0) is 9.31 Å². The molecule has 0 unspecified atom stereocenters. The molecule has 0 N–H and O–H groups in total. The fourth-order valence-corrected chi connectivity index (χ4v) is 3.19. The van der Waals surface area contributed by atoms with Gasteiger partial charge in [-0.15, -0.1) is 6.58 Å². The van der Waals surface area contributed by atoms with Crippen LogP contribution in [-0.4, -0.2) is 24.4 Å². The lowest BCUT2D eigenvalue weighted by Gasteiger charge is -2.32. The van der Waals surface area contributed by atoms with Crippen molar-refractivity contribution < 1.29 is 22.8 Å². The Labute approximate surface area is 171 Å². The third kappa shape index (κ3) is 4.38. The topological polar surface area (TPSA) is 27.7 Å². The number of hydrogen-bond acceptors (Lipinski definition) is 3. The zero-order valence-electron chi connectivity index (χ0n) is 17.6. The van der Waals surface area contributed by atoms with E-state index in [4.69, 9.17) is 14.0 Å². The summed E-state index contributed by atoms with van der Waals surface area (Å²) in [6, 6.07) is 8.78.